The van der Waals surface area contributed by atoms with Crippen LogP contribution < -0.4 is 5.73 Å². The summed E-state index contributed by atoms with van der Waals surface area (Å²) in [4.78, 5) is 2.46. The van der Waals surface area contributed by atoms with E-state index in [0.29, 0.717) is 0 Å². The summed E-state index contributed by atoms with van der Waals surface area (Å²) < 4.78 is 0. The summed E-state index contributed by atoms with van der Waals surface area (Å²) in [6, 6.07) is 0.721. The van der Waals surface area contributed by atoms with E-state index in [1.54, 1.807) is 0 Å². The molecule has 0 amide bonds. The summed E-state index contributed by atoms with van der Waals surface area (Å²) in [7, 11) is 2.22. The molecule has 0 aromatic carbocycles. The minimum absolute atomic E-state index is 0.00370. The third-order valence-electron chi connectivity index (χ3n) is 2.68. The predicted octanol–water partition coefficient (Wildman–Crippen LogP) is 1.60. The second kappa shape index (κ2) is 3.75. The zero-order chi connectivity index (χ0) is 9.19. The van der Waals surface area contributed by atoms with Gasteiger partial charge in [-0.2, -0.15) is 0 Å². The molecule has 1 heterocycles. The van der Waals surface area contributed by atoms with Crippen LogP contribution in [0.4, 0.5) is 0 Å². The van der Waals surface area contributed by atoms with Gasteiger partial charge in [-0.3, -0.25) is 0 Å². The highest BCUT2D eigenvalue weighted by molar-refractivity contribution is 4.83. The van der Waals surface area contributed by atoms with E-state index in [1.807, 2.05) is 0 Å². The van der Waals surface area contributed by atoms with Crippen molar-refractivity contribution in [2.45, 2.75) is 51.1 Å². The number of piperidine rings is 1. The van der Waals surface area contributed by atoms with Gasteiger partial charge in [0, 0.05) is 11.6 Å². The standard InChI is InChI=1S/C10H22N2/c1-10(2,11)8-9-6-4-5-7-12(9)3/h9H,4-8,11H2,1-3H3. The molecular weight excluding hydrogens is 148 g/mol. The SMILES string of the molecule is CN1CCCCC1CC(C)(C)N. The van der Waals surface area contributed by atoms with Crippen molar-refractivity contribution >= 4 is 0 Å². The molecule has 0 aromatic heterocycles. The summed E-state index contributed by atoms with van der Waals surface area (Å²) in [5.74, 6) is 0. The van der Waals surface area contributed by atoms with Gasteiger partial charge in [0.25, 0.3) is 0 Å². The molecule has 1 aliphatic rings. The van der Waals surface area contributed by atoms with Crippen molar-refractivity contribution < 1.29 is 0 Å². The number of hydrogen-bond donors (Lipinski definition) is 1. The van der Waals surface area contributed by atoms with Gasteiger partial charge in [-0.05, 0) is 46.7 Å². The number of nitrogens with zero attached hydrogens (tertiary/aromatic N) is 1. The molecule has 1 rings (SSSR count). The summed E-state index contributed by atoms with van der Waals surface area (Å²) >= 11 is 0. The van der Waals surface area contributed by atoms with Crippen molar-refractivity contribution in [2.24, 2.45) is 5.73 Å². The van der Waals surface area contributed by atoms with Crippen LogP contribution in [-0.2, 0) is 0 Å². The Bertz CT molecular complexity index is 137. The summed E-state index contributed by atoms with van der Waals surface area (Å²) in [5.41, 5.74) is 6.00. The highest BCUT2D eigenvalue weighted by Crippen LogP contribution is 2.21. The number of rotatable bonds is 2. The lowest BCUT2D eigenvalue weighted by atomic mass is 9.90. The van der Waals surface area contributed by atoms with Crippen LogP contribution in [0.2, 0.25) is 0 Å². The van der Waals surface area contributed by atoms with E-state index in [4.69, 9.17) is 5.73 Å². The van der Waals surface area contributed by atoms with E-state index in [2.05, 4.69) is 25.8 Å². The Hall–Kier alpha value is -0.0800. The smallest absolute Gasteiger partial charge is 0.0112 e. The molecule has 0 radical (unpaired) electrons. The first-order valence-electron chi connectivity index (χ1n) is 4.98. The van der Waals surface area contributed by atoms with Crippen molar-refractivity contribution in [3.8, 4) is 0 Å². The largest absolute Gasteiger partial charge is 0.326 e. The van der Waals surface area contributed by atoms with Gasteiger partial charge in [-0.1, -0.05) is 6.42 Å². The molecule has 1 fully saturated rings. The first-order chi connectivity index (χ1) is 5.49. The van der Waals surface area contributed by atoms with E-state index in [9.17, 15) is 0 Å². The molecule has 0 aliphatic carbocycles. The molecule has 72 valence electrons. The quantitative estimate of drug-likeness (QED) is 0.682. The molecule has 2 heteroatoms. The Morgan fingerprint density at radius 1 is 1.42 bits per heavy atom. The Morgan fingerprint density at radius 3 is 2.58 bits per heavy atom. The van der Waals surface area contributed by atoms with Gasteiger partial charge in [0.15, 0.2) is 0 Å². The first-order valence-corrected chi connectivity index (χ1v) is 4.98. The van der Waals surface area contributed by atoms with Crippen LogP contribution in [0.3, 0.4) is 0 Å². The van der Waals surface area contributed by atoms with Crippen LogP contribution >= 0.6 is 0 Å². The maximum absolute atomic E-state index is 6.00. The van der Waals surface area contributed by atoms with Crippen molar-refractivity contribution in [3.05, 3.63) is 0 Å². The molecule has 1 aliphatic heterocycles. The predicted molar refractivity (Wildman–Crippen MR) is 53.2 cm³/mol. The van der Waals surface area contributed by atoms with Crippen LogP contribution in [0.5, 0.6) is 0 Å². The average Bonchev–Trinajstić information content (AvgIpc) is 1.91. The molecule has 2 nitrogen and oxygen atoms in total. The normalized spacial score (nSPS) is 27.5. The van der Waals surface area contributed by atoms with Crippen LogP contribution in [0.1, 0.15) is 39.5 Å². The van der Waals surface area contributed by atoms with E-state index in [-0.39, 0.29) is 5.54 Å². The second-order valence-corrected chi connectivity index (χ2v) is 4.82. The van der Waals surface area contributed by atoms with Gasteiger partial charge in [0.1, 0.15) is 0 Å². The van der Waals surface area contributed by atoms with E-state index >= 15 is 0 Å². The first kappa shape index (κ1) is 10.0. The number of hydrogen-bond acceptors (Lipinski definition) is 2. The Morgan fingerprint density at radius 2 is 2.08 bits per heavy atom. The van der Waals surface area contributed by atoms with Gasteiger partial charge in [0.05, 0.1) is 0 Å². The average molecular weight is 170 g/mol. The molecule has 1 unspecified atom stereocenters. The Labute approximate surface area is 76.1 Å². The second-order valence-electron chi connectivity index (χ2n) is 4.82. The Kier molecular flexibility index (Phi) is 3.13. The van der Waals surface area contributed by atoms with Gasteiger partial charge >= 0.3 is 0 Å². The monoisotopic (exact) mass is 170 g/mol. The lowest BCUT2D eigenvalue weighted by Crippen LogP contribution is -2.44. The molecule has 12 heavy (non-hydrogen) atoms. The van der Waals surface area contributed by atoms with Gasteiger partial charge in [-0.15, -0.1) is 0 Å². The fourth-order valence-corrected chi connectivity index (χ4v) is 2.01. The fraction of sp³-hybridized carbons (Fsp3) is 1.00. The number of nitrogens with two attached hydrogens (primary N) is 1. The molecule has 1 saturated heterocycles. The molecule has 0 aromatic rings. The molecule has 0 bridgehead atoms. The van der Waals surface area contributed by atoms with E-state index in [0.717, 1.165) is 12.5 Å². The van der Waals surface area contributed by atoms with Crippen molar-refractivity contribution in [1.82, 2.24) is 4.90 Å². The van der Waals surface area contributed by atoms with Crippen LogP contribution in [0.25, 0.3) is 0 Å². The zero-order valence-electron chi connectivity index (χ0n) is 8.64. The number of likely N-dealkylation sites (tertiary alicyclic amines) is 1. The van der Waals surface area contributed by atoms with Gasteiger partial charge < -0.3 is 10.6 Å². The van der Waals surface area contributed by atoms with Crippen LogP contribution in [0, 0.1) is 0 Å². The third kappa shape index (κ3) is 3.11. The van der Waals surface area contributed by atoms with Gasteiger partial charge in [-0.25, -0.2) is 0 Å². The topological polar surface area (TPSA) is 29.3 Å². The zero-order valence-corrected chi connectivity index (χ0v) is 8.64. The van der Waals surface area contributed by atoms with Crippen molar-refractivity contribution in [2.75, 3.05) is 13.6 Å². The molecule has 0 saturated carbocycles. The molecular formula is C10H22N2. The van der Waals surface area contributed by atoms with E-state index < -0.39 is 0 Å². The van der Waals surface area contributed by atoms with Crippen molar-refractivity contribution in [3.63, 3.8) is 0 Å². The summed E-state index contributed by atoms with van der Waals surface area (Å²) in [6.45, 7) is 5.49. The minimum Gasteiger partial charge on any atom is -0.326 e. The van der Waals surface area contributed by atoms with Crippen molar-refractivity contribution in [1.29, 1.82) is 0 Å². The minimum atomic E-state index is -0.00370. The summed E-state index contributed by atoms with van der Waals surface area (Å²) in [6.07, 6.45) is 5.20. The fourth-order valence-electron chi connectivity index (χ4n) is 2.01. The third-order valence-corrected chi connectivity index (χ3v) is 2.68. The highest BCUT2D eigenvalue weighted by Gasteiger charge is 2.24. The molecule has 2 N–H and O–H groups in total. The maximum Gasteiger partial charge on any atom is 0.0112 e. The molecule has 0 spiro atoms. The van der Waals surface area contributed by atoms with E-state index in [1.165, 1.54) is 25.8 Å². The van der Waals surface area contributed by atoms with Gasteiger partial charge in [0.2, 0.25) is 0 Å². The maximum atomic E-state index is 6.00. The lowest BCUT2D eigenvalue weighted by molar-refractivity contribution is 0.155. The summed E-state index contributed by atoms with van der Waals surface area (Å²) in [5, 5.41) is 0. The van der Waals surface area contributed by atoms with Crippen LogP contribution in [-0.4, -0.2) is 30.1 Å². The Balaban J connectivity index is 2.39. The lowest BCUT2D eigenvalue weighted by Gasteiger charge is -2.36. The molecule has 1 atom stereocenters. The van der Waals surface area contributed by atoms with Crippen LogP contribution in [0.15, 0.2) is 0 Å². The highest BCUT2D eigenvalue weighted by atomic mass is 15.1.